The number of esters is 12. The van der Waals surface area contributed by atoms with Gasteiger partial charge in [-0.3, -0.25) is 57.5 Å². The Bertz CT molecular complexity index is 2530. The summed E-state index contributed by atoms with van der Waals surface area (Å²) < 4.78 is 104. The first-order chi connectivity index (χ1) is 41.3. The van der Waals surface area contributed by atoms with Crippen LogP contribution in [-0.4, -0.2) is 236 Å². The van der Waals surface area contributed by atoms with Gasteiger partial charge in [0, 0.05) is 96.2 Å². The van der Waals surface area contributed by atoms with Gasteiger partial charge < -0.3 is 95.9 Å². The number of carbonyl (C=O) groups is 12. The number of carbonyl (C=O) groups excluding carboxylic acids is 12. The van der Waals surface area contributed by atoms with Crippen molar-refractivity contribution in [3.05, 3.63) is 0 Å². The molecule has 0 aromatic rings. The number of nitrogens with zero attached hydrogens (tertiary/aromatic N) is 2. The van der Waals surface area contributed by atoms with Crippen LogP contribution in [0.25, 0.3) is 0 Å². The van der Waals surface area contributed by atoms with E-state index in [-0.39, 0.29) is 5.11 Å². The maximum absolute atomic E-state index is 12.9. The van der Waals surface area contributed by atoms with Crippen molar-refractivity contribution >= 4 is 124 Å². The quantitative estimate of drug-likeness (QED) is 0.0494. The molecule has 0 aromatic carbocycles. The normalized spacial score (nSPS) is 31.4. The second kappa shape index (κ2) is 34.4. The van der Waals surface area contributed by atoms with Crippen molar-refractivity contribution in [2.24, 2.45) is 9.98 Å². The fraction of sp³-hybridized carbons (Fsp3) is 0.706. The molecule has 2 N–H and O–H groups in total. The standard InChI is InChI=1S/C51H66N4O30S3/c1-19(56)68-35-31(13-52-17-86)80-47(43(76-27(9)64)39(35)72-23(5)60)84-49-45(78-29(11)66)41(74-25(7)62)37(70-21(3)58)33(82-49)15-54-51(88)55-16-34-38(71-22(4)59)42(75-26(8)63)46(79-30(12)67)50(83-34)85-48-44(77-28(10)65)40(73-24(6)61)36(69-20(2)57)32(81-48)14-53-18-87/h31-50H,13-16H2,1-12H3,(H2,54,55,88). The van der Waals surface area contributed by atoms with Crippen molar-refractivity contribution in [1.82, 2.24) is 10.6 Å². The number of hydrogen-bond donors (Lipinski definition) is 2. The lowest BCUT2D eigenvalue weighted by Gasteiger charge is -2.48. The highest BCUT2D eigenvalue weighted by Gasteiger charge is 2.60. The van der Waals surface area contributed by atoms with Crippen molar-refractivity contribution in [1.29, 1.82) is 0 Å². The van der Waals surface area contributed by atoms with Gasteiger partial charge in [-0.05, 0) is 36.7 Å². The zero-order valence-electron chi connectivity index (χ0n) is 49.2. The van der Waals surface area contributed by atoms with Crippen LogP contribution in [0.3, 0.4) is 0 Å². The summed E-state index contributed by atoms with van der Waals surface area (Å²) in [6.45, 7) is 9.83. The van der Waals surface area contributed by atoms with Gasteiger partial charge in [0.25, 0.3) is 0 Å². The summed E-state index contributed by atoms with van der Waals surface area (Å²) in [6.07, 6.45) is -34.8. The Morgan fingerprint density at radius 2 is 0.500 bits per heavy atom. The number of thiocarbonyl (C=S) groups is 3. The van der Waals surface area contributed by atoms with E-state index in [1.807, 2.05) is 0 Å². The van der Waals surface area contributed by atoms with E-state index in [2.05, 4.69) is 30.9 Å². The summed E-state index contributed by atoms with van der Waals surface area (Å²) in [4.78, 5) is 160. The van der Waals surface area contributed by atoms with Crippen molar-refractivity contribution in [2.75, 3.05) is 26.2 Å². The molecule has 0 radical (unpaired) electrons. The first kappa shape index (κ1) is 73.2. The van der Waals surface area contributed by atoms with Crippen molar-refractivity contribution in [2.45, 2.75) is 206 Å². The van der Waals surface area contributed by atoms with Gasteiger partial charge in [0.05, 0.1) is 23.4 Å². The van der Waals surface area contributed by atoms with Crippen LogP contribution in [0.5, 0.6) is 0 Å². The molecule has 34 nitrogen and oxygen atoms in total. The Hall–Kier alpha value is -7.31. The lowest BCUT2D eigenvalue weighted by atomic mass is 9.96. The van der Waals surface area contributed by atoms with E-state index in [1.54, 1.807) is 0 Å². The molecule has 0 spiro atoms. The lowest BCUT2D eigenvalue weighted by molar-refractivity contribution is -0.373. The summed E-state index contributed by atoms with van der Waals surface area (Å²) in [5.74, 6) is -11.8. The Kier molecular flexibility index (Phi) is 28.6. The van der Waals surface area contributed by atoms with Gasteiger partial charge in [-0.2, -0.15) is 0 Å². The molecule has 0 bridgehead atoms. The maximum atomic E-state index is 12.9. The van der Waals surface area contributed by atoms with Gasteiger partial charge in [0.15, 0.2) is 78.4 Å². The Balaban J connectivity index is 1.79. The third kappa shape index (κ3) is 22.1. The second-order valence-electron chi connectivity index (χ2n) is 19.3. The predicted molar refractivity (Wildman–Crippen MR) is 292 cm³/mol. The number of aliphatic imine (C=N–C) groups is 2. The van der Waals surface area contributed by atoms with E-state index < -0.39 is 221 Å². The largest absolute Gasteiger partial charge is 0.456 e. The van der Waals surface area contributed by atoms with Crippen LogP contribution in [0.4, 0.5) is 0 Å². The van der Waals surface area contributed by atoms with E-state index >= 15 is 0 Å². The molecule has 20 atom stereocenters. The average molecular weight is 1310 g/mol. The van der Waals surface area contributed by atoms with E-state index in [9.17, 15) is 57.5 Å². The van der Waals surface area contributed by atoms with Crippen LogP contribution in [-0.2, 0) is 143 Å². The summed E-state index contributed by atoms with van der Waals surface area (Å²) >= 11 is 15.1. The summed E-state index contributed by atoms with van der Waals surface area (Å²) in [5.41, 5.74) is 0. The molecule has 20 unspecified atom stereocenters. The molecule has 37 heteroatoms. The highest BCUT2D eigenvalue weighted by atomic mass is 32.1. The fourth-order valence-electron chi connectivity index (χ4n) is 9.45. The summed E-state index contributed by atoms with van der Waals surface area (Å²) in [5, 5.41) is 9.54. The van der Waals surface area contributed by atoms with Crippen molar-refractivity contribution in [3.8, 4) is 0 Å². The number of hydrogen-bond acceptors (Lipinski definition) is 35. The molecule has 488 valence electrons. The minimum Gasteiger partial charge on any atom is -0.456 e. The smallest absolute Gasteiger partial charge is 0.303 e. The van der Waals surface area contributed by atoms with Crippen LogP contribution in [0.15, 0.2) is 9.98 Å². The third-order valence-electron chi connectivity index (χ3n) is 12.1. The number of isothiocyanates is 2. The Morgan fingerprint density at radius 3 is 0.705 bits per heavy atom. The number of nitrogens with one attached hydrogen (secondary N) is 2. The molecular formula is C51H66N4O30S3. The van der Waals surface area contributed by atoms with Crippen molar-refractivity contribution in [3.63, 3.8) is 0 Å². The van der Waals surface area contributed by atoms with E-state index in [4.69, 9.17) is 122 Å². The molecule has 4 aliphatic rings. The molecule has 4 fully saturated rings. The highest BCUT2D eigenvalue weighted by molar-refractivity contribution is 7.80. The monoisotopic (exact) mass is 1310 g/mol. The first-order valence-electron chi connectivity index (χ1n) is 26.4. The fourth-order valence-corrected chi connectivity index (χ4v) is 9.76. The molecule has 4 aliphatic heterocycles. The predicted octanol–water partition coefficient (Wildman–Crippen LogP) is -1.23. The van der Waals surface area contributed by atoms with Crippen LogP contribution in [0.2, 0.25) is 0 Å². The van der Waals surface area contributed by atoms with Crippen LogP contribution >= 0.6 is 36.7 Å². The molecule has 0 amide bonds. The Morgan fingerprint density at radius 1 is 0.318 bits per heavy atom. The van der Waals surface area contributed by atoms with Crippen LogP contribution in [0, 0.1) is 0 Å². The average Bonchev–Trinajstić information content (AvgIpc) is 0.834. The van der Waals surface area contributed by atoms with E-state index in [1.165, 1.54) is 0 Å². The topological polar surface area (TPSA) is 420 Å². The summed E-state index contributed by atoms with van der Waals surface area (Å²) in [7, 11) is 0. The molecular weight excluding hydrogens is 1240 g/mol. The van der Waals surface area contributed by atoms with Gasteiger partial charge in [-0.25, -0.2) is 9.98 Å². The van der Waals surface area contributed by atoms with Crippen molar-refractivity contribution < 1.29 is 143 Å². The second-order valence-corrected chi connectivity index (χ2v) is 20.1. The molecule has 4 heterocycles. The van der Waals surface area contributed by atoms with Gasteiger partial charge in [-0.1, -0.05) is 0 Å². The molecule has 88 heavy (non-hydrogen) atoms. The molecule has 4 rings (SSSR count). The van der Waals surface area contributed by atoms with Gasteiger partial charge >= 0.3 is 71.6 Å². The molecule has 0 aliphatic carbocycles. The molecule has 0 aromatic heterocycles. The van der Waals surface area contributed by atoms with Gasteiger partial charge in [-0.15, -0.1) is 0 Å². The zero-order valence-corrected chi connectivity index (χ0v) is 51.7. The third-order valence-corrected chi connectivity index (χ3v) is 12.7. The molecule has 0 saturated carbocycles. The number of rotatable bonds is 24. The Labute approximate surface area is 517 Å². The van der Waals surface area contributed by atoms with Crippen LogP contribution in [0.1, 0.15) is 83.1 Å². The SMILES string of the molecule is CC(=O)OC1C(CN=C=S)OC(OC2OC(CNC(=S)NCC3OC(OC4OC(CN=C=S)C(OC(C)=O)C(OC(C)=O)C4OC(C)=O)C(OC(C)=O)C(OC(C)=O)C3OC(C)=O)C(OC(C)=O)C(OC(C)=O)C2OC(C)=O)C(OC(C)=O)C1OC(C)=O. The number of ether oxygens (including phenoxy) is 18. The van der Waals surface area contributed by atoms with E-state index in [0.717, 1.165) is 83.1 Å². The van der Waals surface area contributed by atoms with Gasteiger partial charge in [0.2, 0.25) is 25.2 Å². The first-order valence-corrected chi connectivity index (χ1v) is 27.6. The minimum atomic E-state index is -2.00. The molecule has 4 saturated heterocycles. The maximum Gasteiger partial charge on any atom is 0.303 e. The van der Waals surface area contributed by atoms with Crippen LogP contribution < -0.4 is 10.6 Å². The highest BCUT2D eigenvalue weighted by Crippen LogP contribution is 2.38. The zero-order chi connectivity index (χ0) is 65.9. The lowest BCUT2D eigenvalue weighted by Crippen LogP contribution is -2.67. The summed E-state index contributed by atoms with van der Waals surface area (Å²) in [6, 6.07) is 0. The van der Waals surface area contributed by atoms with Gasteiger partial charge in [0.1, 0.15) is 24.4 Å². The van der Waals surface area contributed by atoms with E-state index in [0.29, 0.717) is 0 Å². The minimum absolute atomic E-state index is 0.330.